The Morgan fingerprint density at radius 3 is 2.72 bits per heavy atom. The Bertz CT molecular complexity index is 609. The van der Waals surface area contributed by atoms with Crippen LogP contribution in [-0.2, 0) is 7.05 Å². The average Bonchev–Trinajstić information content (AvgIpc) is 2.60. The highest BCUT2D eigenvalue weighted by Crippen LogP contribution is 2.29. The minimum absolute atomic E-state index is 0.0603. The third kappa shape index (κ3) is 2.61. The van der Waals surface area contributed by atoms with Gasteiger partial charge in [-0.15, -0.1) is 0 Å². The molecule has 0 amide bonds. The molecular formula is C11H11IN4O2. The van der Waals surface area contributed by atoms with Crippen molar-refractivity contribution in [3.05, 3.63) is 43.8 Å². The molecule has 1 aromatic heterocycles. The van der Waals surface area contributed by atoms with Gasteiger partial charge in [0.15, 0.2) is 0 Å². The Morgan fingerprint density at radius 2 is 2.17 bits per heavy atom. The molecule has 0 atom stereocenters. The second-order valence-electron chi connectivity index (χ2n) is 3.85. The summed E-state index contributed by atoms with van der Waals surface area (Å²) in [7, 11) is 1.81. The Kier molecular flexibility index (Phi) is 3.50. The van der Waals surface area contributed by atoms with Crippen molar-refractivity contribution in [2.45, 2.75) is 6.92 Å². The number of nitrogens with one attached hydrogen (secondary N) is 1. The number of nitro benzene ring substituents is 1. The summed E-state index contributed by atoms with van der Waals surface area (Å²) in [5.41, 5.74) is 2.09. The van der Waals surface area contributed by atoms with E-state index in [1.54, 1.807) is 24.0 Å². The lowest BCUT2D eigenvalue weighted by atomic mass is 10.2. The van der Waals surface area contributed by atoms with Gasteiger partial charge in [-0.05, 0) is 41.6 Å². The fraction of sp³-hybridized carbons (Fsp3) is 0.182. The number of aromatic nitrogens is 2. The van der Waals surface area contributed by atoms with E-state index in [9.17, 15) is 10.1 Å². The molecule has 0 unspecified atom stereocenters. The first-order chi connectivity index (χ1) is 8.47. The maximum absolute atomic E-state index is 11.0. The highest BCUT2D eigenvalue weighted by molar-refractivity contribution is 14.1. The summed E-state index contributed by atoms with van der Waals surface area (Å²) in [4.78, 5) is 10.6. The van der Waals surface area contributed by atoms with E-state index in [4.69, 9.17) is 0 Å². The molecule has 2 aromatic rings. The standard InChI is InChI=1S/C11H11IN4O2/c1-7-10(6-15(2)14-7)13-9-4-3-8(12)5-11(9)16(17)18/h3-6,13H,1-2H3. The fourth-order valence-corrected chi connectivity index (χ4v) is 2.10. The van der Waals surface area contributed by atoms with Gasteiger partial charge in [0.2, 0.25) is 0 Å². The molecular weight excluding hydrogens is 347 g/mol. The summed E-state index contributed by atoms with van der Waals surface area (Å²) in [6, 6.07) is 5.06. The topological polar surface area (TPSA) is 73.0 Å². The smallest absolute Gasteiger partial charge is 0.293 e. The van der Waals surface area contributed by atoms with E-state index >= 15 is 0 Å². The van der Waals surface area contributed by atoms with E-state index in [0.29, 0.717) is 5.69 Å². The Labute approximate surface area is 117 Å². The number of anilines is 2. The Balaban J connectivity index is 2.40. The van der Waals surface area contributed by atoms with Gasteiger partial charge in [-0.25, -0.2) is 0 Å². The van der Waals surface area contributed by atoms with Gasteiger partial charge in [0.05, 0.1) is 16.3 Å². The summed E-state index contributed by atoms with van der Waals surface area (Å²) < 4.78 is 2.49. The second-order valence-corrected chi connectivity index (χ2v) is 5.09. The summed E-state index contributed by atoms with van der Waals surface area (Å²) in [5, 5.41) is 18.2. The Hall–Kier alpha value is -1.64. The quantitative estimate of drug-likeness (QED) is 0.520. The molecule has 18 heavy (non-hydrogen) atoms. The number of hydrogen-bond donors (Lipinski definition) is 1. The lowest BCUT2D eigenvalue weighted by Gasteiger charge is -2.05. The predicted molar refractivity (Wildman–Crippen MR) is 77.0 cm³/mol. The third-order valence-corrected chi connectivity index (χ3v) is 3.11. The molecule has 0 aliphatic rings. The molecule has 0 aliphatic heterocycles. The molecule has 2 rings (SSSR count). The molecule has 1 N–H and O–H groups in total. The number of hydrogen-bond acceptors (Lipinski definition) is 4. The number of nitrogens with zero attached hydrogens (tertiary/aromatic N) is 3. The van der Waals surface area contributed by atoms with E-state index in [2.05, 4.69) is 10.4 Å². The summed E-state index contributed by atoms with van der Waals surface area (Å²) in [6.45, 7) is 1.85. The normalized spacial score (nSPS) is 10.4. The largest absolute Gasteiger partial charge is 0.347 e. The Morgan fingerprint density at radius 1 is 1.44 bits per heavy atom. The third-order valence-electron chi connectivity index (χ3n) is 2.44. The van der Waals surface area contributed by atoms with Crippen molar-refractivity contribution in [1.82, 2.24) is 9.78 Å². The van der Waals surface area contributed by atoms with Crippen LogP contribution in [0.15, 0.2) is 24.4 Å². The number of nitro groups is 1. The van der Waals surface area contributed by atoms with Crippen molar-refractivity contribution < 1.29 is 4.92 Å². The number of halogens is 1. The molecule has 0 radical (unpaired) electrons. The van der Waals surface area contributed by atoms with Gasteiger partial charge in [-0.1, -0.05) is 0 Å². The van der Waals surface area contributed by atoms with Crippen LogP contribution >= 0.6 is 22.6 Å². The van der Waals surface area contributed by atoms with E-state index in [1.165, 1.54) is 6.07 Å². The second kappa shape index (κ2) is 4.92. The predicted octanol–water partition coefficient (Wildman–Crippen LogP) is 2.98. The number of aryl methyl sites for hydroxylation is 2. The highest BCUT2D eigenvalue weighted by atomic mass is 127. The summed E-state index contributed by atoms with van der Waals surface area (Å²) in [5.74, 6) is 0. The summed E-state index contributed by atoms with van der Waals surface area (Å²) in [6.07, 6.45) is 1.79. The van der Waals surface area contributed by atoms with Gasteiger partial charge in [0.1, 0.15) is 5.69 Å². The molecule has 0 saturated heterocycles. The molecule has 1 aromatic carbocycles. The summed E-state index contributed by atoms with van der Waals surface area (Å²) >= 11 is 2.05. The average molecular weight is 358 g/mol. The van der Waals surface area contributed by atoms with Crippen LogP contribution in [0, 0.1) is 20.6 Å². The lowest BCUT2D eigenvalue weighted by molar-refractivity contribution is -0.384. The molecule has 1 heterocycles. The molecule has 0 bridgehead atoms. The molecule has 0 fully saturated rings. The van der Waals surface area contributed by atoms with Crippen molar-refractivity contribution >= 4 is 39.7 Å². The van der Waals surface area contributed by atoms with Gasteiger partial charge in [-0.2, -0.15) is 5.10 Å². The maximum atomic E-state index is 11.0. The minimum Gasteiger partial charge on any atom is -0.347 e. The van der Waals surface area contributed by atoms with Crippen LogP contribution in [-0.4, -0.2) is 14.7 Å². The van der Waals surface area contributed by atoms with Crippen LogP contribution in [0.1, 0.15) is 5.69 Å². The zero-order chi connectivity index (χ0) is 13.3. The van der Waals surface area contributed by atoms with Gasteiger partial charge in [0, 0.05) is 22.9 Å². The van der Waals surface area contributed by atoms with Crippen LogP contribution in [0.5, 0.6) is 0 Å². The lowest BCUT2D eigenvalue weighted by Crippen LogP contribution is -1.97. The molecule has 0 spiro atoms. The van der Waals surface area contributed by atoms with E-state index in [0.717, 1.165) is 15.0 Å². The molecule has 0 aliphatic carbocycles. The van der Waals surface area contributed by atoms with Crippen molar-refractivity contribution in [3.8, 4) is 0 Å². The SMILES string of the molecule is Cc1nn(C)cc1Nc1ccc(I)cc1[N+](=O)[O-]. The first-order valence-corrected chi connectivity index (χ1v) is 6.26. The molecule has 6 nitrogen and oxygen atoms in total. The van der Waals surface area contributed by atoms with Crippen LogP contribution in [0.4, 0.5) is 17.1 Å². The van der Waals surface area contributed by atoms with Crippen molar-refractivity contribution in [2.75, 3.05) is 5.32 Å². The first-order valence-electron chi connectivity index (χ1n) is 5.18. The van der Waals surface area contributed by atoms with Crippen LogP contribution in [0.2, 0.25) is 0 Å². The van der Waals surface area contributed by atoms with E-state index in [-0.39, 0.29) is 5.69 Å². The minimum atomic E-state index is -0.393. The number of rotatable bonds is 3. The van der Waals surface area contributed by atoms with Crippen LogP contribution < -0.4 is 5.32 Å². The van der Waals surface area contributed by atoms with Gasteiger partial charge in [-0.3, -0.25) is 14.8 Å². The zero-order valence-corrected chi connectivity index (χ0v) is 12.0. The highest BCUT2D eigenvalue weighted by Gasteiger charge is 2.15. The molecule has 7 heteroatoms. The maximum Gasteiger partial charge on any atom is 0.293 e. The van der Waals surface area contributed by atoms with Crippen LogP contribution in [0.3, 0.4) is 0 Å². The number of benzene rings is 1. The van der Waals surface area contributed by atoms with Crippen molar-refractivity contribution in [2.24, 2.45) is 7.05 Å². The van der Waals surface area contributed by atoms with Gasteiger partial charge < -0.3 is 5.32 Å². The fourth-order valence-electron chi connectivity index (χ4n) is 1.63. The van der Waals surface area contributed by atoms with Gasteiger partial charge in [0.25, 0.3) is 5.69 Å². The first kappa shape index (κ1) is 12.8. The van der Waals surface area contributed by atoms with E-state index in [1.807, 2.05) is 35.6 Å². The molecule has 0 saturated carbocycles. The molecule has 94 valence electrons. The zero-order valence-electron chi connectivity index (χ0n) is 9.85. The van der Waals surface area contributed by atoms with Gasteiger partial charge >= 0.3 is 0 Å². The van der Waals surface area contributed by atoms with Crippen molar-refractivity contribution in [1.29, 1.82) is 0 Å². The van der Waals surface area contributed by atoms with E-state index < -0.39 is 4.92 Å². The van der Waals surface area contributed by atoms with Crippen molar-refractivity contribution in [3.63, 3.8) is 0 Å². The monoisotopic (exact) mass is 358 g/mol. The van der Waals surface area contributed by atoms with Crippen LogP contribution in [0.25, 0.3) is 0 Å².